The second kappa shape index (κ2) is 6.18. The van der Waals surface area contributed by atoms with Gasteiger partial charge < -0.3 is 4.90 Å². The summed E-state index contributed by atoms with van der Waals surface area (Å²) in [5.41, 5.74) is 0.821. The fourth-order valence-corrected chi connectivity index (χ4v) is 1.84. The molecule has 0 bridgehead atoms. The summed E-state index contributed by atoms with van der Waals surface area (Å²) in [5, 5.41) is 0. The van der Waals surface area contributed by atoms with Crippen molar-refractivity contribution in [3.05, 3.63) is 42.2 Å². The van der Waals surface area contributed by atoms with Crippen LogP contribution in [0.2, 0.25) is 0 Å². The van der Waals surface area contributed by atoms with Crippen LogP contribution >= 0.6 is 0 Å². The highest BCUT2D eigenvalue weighted by Crippen LogP contribution is 2.25. The van der Waals surface area contributed by atoms with Crippen LogP contribution in [0.4, 0.5) is 10.1 Å². The van der Waals surface area contributed by atoms with Crippen molar-refractivity contribution in [2.24, 2.45) is 0 Å². The summed E-state index contributed by atoms with van der Waals surface area (Å²) in [7, 11) is 0. The molecule has 0 aromatic heterocycles. The molecule has 0 atom stereocenters. The predicted octanol–water partition coefficient (Wildman–Crippen LogP) is 3.43. The summed E-state index contributed by atoms with van der Waals surface area (Å²) < 4.78 is 13.9. The van der Waals surface area contributed by atoms with E-state index in [1.54, 1.807) is 18.2 Å². The van der Waals surface area contributed by atoms with Gasteiger partial charge in [-0.25, -0.2) is 4.39 Å². The molecule has 92 valence electrons. The van der Waals surface area contributed by atoms with Crippen molar-refractivity contribution in [2.75, 3.05) is 18.0 Å². The lowest BCUT2D eigenvalue weighted by molar-refractivity contribution is 0.101. The predicted molar refractivity (Wildman–Crippen MR) is 69.1 cm³/mol. The third kappa shape index (κ3) is 3.16. The molecule has 0 saturated carbocycles. The lowest BCUT2D eigenvalue weighted by Gasteiger charge is -2.25. The van der Waals surface area contributed by atoms with Crippen LogP contribution in [-0.4, -0.2) is 18.9 Å². The van der Waals surface area contributed by atoms with Crippen molar-refractivity contribution in [1.82, 2.24) is 0 Å². The largest absolute Gasteiger partial charge is 0.365 e. The Kier molecular flexibility index (Phi) is 4.88. The van der Waals surface area contributed by atoms with Crippen LogP contribution in [-0.2, 0) is 0 Å². The minimum absolute atomic E-state index is 0.121. The molecule has 2 nitrogen and oxygen atoms in total. The second-order valence-corrected chi connectivity index (χ2v) is 3.93. The maximum Gasteiger partial charge on any atom is 0.161 e. The van der Waals surface area contributed by atoms with E-state index in [9.17, 15) is 9.18 Å². The minimum Gasteiger partial charge on any atom is -0.365 e. The van der Waals surface area contributed by atoms with Crippen LogP contribution in [0, 0.1) is 5.82 Å². The van der Waals surface area contributed by atoms with Gasteiger partial charge in [0.05, 0.1) is 5.69 Å². The molecule has 0 fully saturated rings. The molecule has 0 aliphatic carbocycles. The Balaban J connectivity index is 3.23. The Bertz CT molecular complexity index is 415. The molecule has 0 radical (unpaired) electrons. The van der Waals surface area contributed by atoms with Crippen molar-refractivity contribution in [1.29, 1.82) is 0 Å². The van der Waals surface area contributed by atoms with Gasteiger partial charge in [0.2, 0.25) is 0 Å². The summed E-state index contributed by atoms with van der Waals surface area (Å²) in [6.45, 7) is 8.37. The zero-order chi connectivity index (χ0) is 12.8. The lowest BCUT2D eigenvalue weighted by Crippen LogP contribution is -2.27. The number of ketones is 1. The normalized spacial score (nSPS) is 10.1. The summed E-state index contributed by atoms with van der Waals surface area (Å²) in [6, 6.07) is 4.60. The zero-order valence-corrected chi connectivity index (χ0v) is 10.4. The quantitative estimate of drug-likeness (QED) is 0.556. The first-order valence-electron chi connectivity index (χ1n) is 5.77. The lowest BCUT2D eigenvalue weighted by atomic mass is 10.1. The molecule has 1 aromatic carbocycles. The highest BCUT2D eigenvalue weighted by molar-refractivity contribution is 5.99. The summed E-state index contributed by atoms with van der Waals surface area (Å²) in [4.78, 5) is 13.4. The van der Waals surface area contributed by atoms with E-state index in [1.807, 2.05) is 11.8 Å². The van der Waals surface area contributed by atoms with Crippen molar-refractivity contribution in [2.45, 2.75) is 20.3 Å². The number of para-hydroxylation sites is 1. The molecule has 0 spiro atoms. The Hall–Kier alpha value is -1.64. The van der Waals surface area contributed by atoms with Crippen molar-refractivity contribution in [3.8, 4) is 0 Å². The van der Waals surface area contributed by atoms with Crippen LogP contribution < -0.4 is 4.90 Å². The van der Waals surface area contributed by atoms with Crippen LogP contribution in [0.15, 0.2) is 30.9 Å². The number of carbonyl (C=O) groups excluding carboxylic acids is 1. The number of nitrogens with zero attached hydrogens (tertiary/aromatic N) is 1. The Morgan fingerprint density at radius 2 is 2.24 bits per heavy atom. The van der Waals surface area contributed by atoms with E-state index in [1.165, 1.54) is 13.0 Å². The van der Waals surface area contributed by atoms with Gasteiger partial charge >= 0.3 is 0 Å². The molecule has 1 rings (SSSR count). The number of anilines is 1. The average molecular weight is 235 g/mol. The minimum atomic E-state index is -0.354. The third-order valence-electron chi connectivity index (χ3n) is 2.53. The summed E-state index contributed by atoms with van der Waals surface area (Å²) >= 11 is 0. The van der Waals surface area contributed by atoms with Gasteiger partial charge in [0.1, 0.15) is 5.82 Å². The number of hydrogen-bond donors (Lipinski definition) is 0. The number of rotatable bonds is 6. The van der Waals surface area contributed by atoms with Crippen molar-refractivity contribution in [3.63, 3.8) is 0 Å². The molecule has 0 saturated heterocycles. The van der Waals surface area contributed by atoms with E-state index in [2.05, 4.69) is 6.58 Å². The van der Waals surface area contributed by atoms with E-state index < -0.39 is 0 Å². The Labute approximate surface area is 102 Å². The maximum absolute atomic E-state index is 13.9. The molecule has 0 amide bonds. The van der Waals surface area contributed by atoms with E-state index in [0.29, 0.717) is 24.3 Å². The zero-order valence-electron chi connectivity index (χ0n) is 10.4. The van der Waals surface area contributed by atoms with Gasteiger partial charge in [0.15, 0.2) is 5.78 Å². The van der Waals surface area contributed by atoms with Gasteiger partial charge in [0, 0.05) is 18.7 Å². The number of hydrogen-bond acceptors (Lipinski definition) is 2. The van der Waals surface area contributed by atoms with Crippen LogP contribution in [0.25, 0.3) is 0 Å². The summed E-state index contributed by atoms with van der Waals surface area (Å²) in [6.07, 6.45) is 2.60. The summed E-state index contributed by atoms with van der Waals surface area (Å²) in [5.74, 6) is -0.474. The smallest absolute Gasteiger partial charge is 0.161 e. The first-order chi connectivity index (χ1) is 8.11. The van der Waals surface area contributed by atoms with Crippen molar-refractivity contribution >= 4 is 11.5 Å². The molecule has 3 heteroatoms. The molecular formula is C14H18FNO. The van der Waals surface area contributed by atoms with Crippen LogP contribution in [0.1, 0.15) is 30.6 Å². The van der Waals surface area contributed by atoms with E-state index >= 15 is 0 Å². The maximum atomic E-state index is 13.9. The van der Waals surface area contributed by atoms with Gasteiger partial charge in [0.25, 0.3) is 0 Å². The van der Waals surface area contributed by atoms with Gasteiger partial charge in [-0.15, -0.1) is 6.58 Å². The molecule has 0 aliphatic heterocycles. The first kappa shape index (κ1) is 13.4. The monoisotopic (exact) mass is 235 g/mol. The number of halogens is 1. The number of Topliss-reactive ketones (excluding diaryl/α,β-unsaturated/α-hetero) is 1. The van der Waals surface area contributed by atoms with Gasteiger partial charge in [-0.05, 0) is 25.5 Å². The molecule has 0 aliphatic rings. The third-order valence-corrected chi connectivity index (χ3v) is 2.53. The second-order valence-electron chi connectivity index (χ2n) is 3.93. The Morgan fingerprint density at radius 3 is 2.76 bits per heavy atom. The first-order valence-corrected chi connectivity index (χ1v) is 5.77. The average Bonchev–Trinajstić information content (AvgIpc) is 2.28. The standard InChI is InChI=1S/C14H18FNO/c1-4-9-16(10-5-2)14-12(11(3)17)7-6-8-13(14)15/h4,6-8H,1,5,9-10H2,2-3H3. The van der Waals surface area contributed by atoms with Gasteiger partial charge in [-0.2, -0.15) is 0 Å². The van der Waals surface area contributed by atoms with Crippen LogP contribution in [0.3, 0.4) is 0 Å². The molecular weight excluding hydrogens is 217 g/mol. The SMILES string of the molecule is C=CCN(CCC)c1c(F)cccc1C(C)=O. The number of benzene rings is 1. The molecule has 1 aromatic rings. The molecule has 0 heterocycles. The van der Waals surface area contributed by atoms with E-state index in [0.717, 1.165) is 6.42 Å². The highest BCUT2D eigenvalue weighted by Gasteiger charge is 2.16. The number of carbonyl (C=O) groups is 1. The van der Waals surface area contributed by atoms with E-state index in [4.69, 9.17) is 0 Å². The molecule has 17 heavy (non-hydrogen) atoms. The Morgan fingerprint density at radius 1 is 1.53 bits per heavy atom. The van der Waals surface area contributed by atoms with E-state index in [-0.39, 0.29) is 11.6 Å². The molecule has 0 unspecified atom stereocenters. The fraction of sp³-hybridized carbons (Fsp3) is 0.357. The van der Waals surface area contributed by atoms with Crippen molar-refractivity contribution < 1.29 is 9.18 Å². The van der Waals surface area contributed by atoms with Gasteiger partial charge in [-0.3, -0.25) is 4.79 Å². The fourth-order valence-electron chi connectivity index (χ4n) is 1.84. The highest BCUT2D eigenvalue weighted by atomic mass is 19.1. The van der Waals surface area contributed by atoms with Gasteiger partial charge in [-0.1, -0.05) is 19.1 Å². The topological polar surface area (TPSA) is 20.3 Å². The van der Waals surface area contributed by atoms with Crippen LogP contribution in [0.5, 0.6) is 0 Å². The molecule has 0 N–H and O–H groups in total.